The predicted octanol–water partition coefficient (Wildman–Crippen LogP) is 2.02. The van der Waals surface area contributed by atoms with Crippen molar-refractivity contribution in [2.75, 3.05) is 32.0 Å². The van der Waals surface area contributed by atoms with E-state index in [0.29, 0.717) is 5.92 Å². The first-order valence-electron chi connectivity index (χ1n) is 7.35. The van der Waals surface area contributed by atoms with Crippen LogP contribution in [0.5, 0.6) is 0 Å². The van der Waals surface area contributed by atoms with Crippen molar-refractivity contribution in [3.63, 3.8) is 0 Å². The Morgan fingerprint density at radius 2 is 1.80 bits per heavy atom. The predicted molar refractivity (Wildman–Crippen MR) is 76.0 cm³/mol. The summed E-state index contributed by atoms with van der Waals surface area (Å²) in [6.45, 7) is 4.02. The molecule has 1 saturated carbocycles. The maximum absolute atomic E-state index is 5.82. The van der Waals surface area contributed by atoms with Gasteiger partial charge < -0.3 is 10.5 Å². The van der Waals surface area contributed by atoms with Crippen LogP contribution < -0.4 is 5.73 Å². The fourth-order valence-electron chi connectivity index (χ4n) is 3.42. The minimum absolute atomic E-state index is 0. The van der Waals surface area contributed by atoms with Crippen LogP contribution in [0.2, 0.25) is 0 Å². The number of pyridine rings is 1. The van der Waals surface area contributed by atoms with E-state index in [1.54, 1.807) is 6.20 Å². The summed E-state index contributed by atoms with van der Waals surface area (Å²) < 4.78 is 5.43. The van der Waals surface area contributed by atoms with Crippen molar-refractivity contribution in [3.8, 4) is 0 Å². The Hall–Kier alpha value is -0.468. The minimum Gasteiger partial charge on any atom is -0.397 e. The van der Waals surface area contributed by atoms with E-state index in [1.807, 2.05) is 6.20 Å². The molecule has 1 aliphatic carbocycles. The monoisotopic (exact) mass is 367 g/mol. The first-order valence-corrected chi connectivity index (χ1v) is 7.35. The van der Waals surface area contributed by atoms with E-state index in [2.05, 4.69) is 16.0 Å². The first kappa shape index (κ1) is 15.9. The van der Waals surface area contributed by atoms with Crippen LogP contribution in [0.4, 0.5) is 5.69 Å². The Labute approximate surface area is 134 Å². The number of morpholine rings is 1. The Balaban J connectivity index is 0.00000147. The fraction of sp³-hybridized carbons (Fsp3) is 0.667. The van der Waals surface area contributed by atoms with Gasteiger partial charge in [-0.2, -0.15) is 0 Å². The third kappa shape index (κ3) is 3.80. The van der Waals surface area contributed by atoms with Gasteiger partial charge in [-0.15, -0.1) is 0 Å². The number of anilines is 1. The van der Waals surface area contributed by atoms with Crippen molar-refractivity contribution >= 4 is 5.69 Å². The fourth-order valence-corrected chi connectivity index (χ4v) is 3.42. The van der Waals surface area contributed by atoms with Gasteiger partial charge in [0.25, 0.3) is 0 Å². The van der Waals surface area contributed by atoms with E-state index in [4.69, 9.17) is 10.5 Å². The van der Waals surface area contributed by atoms with E-state index in [-0.39, 0.29) is 20.4 Å². The molecule has 5 heteroatoms. The number of ether oxygens (including phenoxy) is 1. The van der Waals surface area contributed by atoms with Crippen LogP contribution in [0, 0.1) is 0 Å². The minimum atomic E-state index is 0. The Bertz CT molecular complexity index is 415. The summed E-state index contributed by atoms with van der Waals surface area (Å²) in [5, 5.41) is 0. The third-order valence-corrected chi connectivity index (χ3v) is 4.51. The van der Waals surface area contributed by atoms with Crippen LogP contribution in [0.1, 0.15) is 37.2 Å². The number of aromatic nitrogens is 1. The van der Waals surface area contributed by atoms with Gasteiger partial charge in [0, 0.05) is 51.9 Å². The molecule has 0 bridgehead atoms. The molecule has 0 radical (unpaired) electrons. The van der Waals surface area contributed by atoms with Gasteiger partial charge in [0.1, 0.15) is 0 Å². The Morgan fingerprint density at radius 1 is 1.10 bits per heavy atom. The number of hydrogen-bond donors (Lipinski definition) is 1. The number of nitrogen functional groups attached to an aromatic ring is 1. The molecule has 0 atom stereocenters. The summed E-state index contributed by atoms with van der Waals surface area (Å²) in [7, 11) is 0. The van der Waals surface area contributed by atoms with E-state index in [1.165, 1.54) is 31.2 Å². The molecule has 2 N–H and O–H groups in total. The van der Waals surface area contributed by atoms with Crippen molar-refractivity contribution in [2.24, 2.45) is 0 Å². The van der Waals surface area contributed by atoms with Gasteiger partial charge in [0.05, 0.1) is 18.9 Å². The van der Waals surface area contributed by atoms with Gasteiger partial charge in [-0.25, -0.2) is 0 Å². The van der Waals surface area contributed by atoms with Gasteiger partial charge in [-0.1, -0.05) is 0 Å². The number of rotatable bonds is 2. The normalized spacial score (nSPS) is 27.8. The van der Waals surface area contributed by atoms with E-state index in [9.17, 15) is 0 Å². The largest absolute Gasteiger partial charge is 0.397 e. The molecule has 20 heavy (non-hydrogen) atoms. The number of nitrogens with two attached hydrogens (primary N) is 1. The molecule has 0 spiro atoms. The van der Waals surface area contributed by atoms with Crippen LogP contribution in [0.3, 0.4) is 0 Å². The molecule has 1 saturated heterocycles. The van der Waals surface area contributed by atoms with Crippen molar-refractivity contribution in [1.29, 1.82) is 0 Å². The number of hydrogen-bond acceptors (Lipinski definition) is 4. The average molecular weight is 368 g/mol. The molecule has 1 aromatic heterocycles. The van der Waals surface area contributed by atoms with Gasteiger partial charge in [-0.05, 0) is 43.2 Å². The SMILES string of the molecule is Nc1cncc(C2CCC(N3CCOCC3)CC2)c1.[Pd]. The molecule has 3 rings (SSSR count). The quantitative estimate of drug-likeness (QED) is 0.813. The van der Waals surface area contributed by atoms with Gasteiger partial charge in [-0.3, -0.25) is 9.88 Å². The van der Waals surface area contributed by atoms with Crippen molar-refractivity contribution in [1.82, 2.24) is 9.88 Å². The molecule has 2 fully saturated rings. The second-order valence-electron chi connectivity index (χ2n) is 5.71. The van der Waals surface area contributed by atoms with Crippen molar-refractivity contribution < 1.29 is 25.2 Å². The maximum atomic E-state index is 5.82. The molecule has 1 aliphatic heterocycles. The second-order valence-corrected chi connectivity index (χ2v) is 5.71. The van der Waals surface area contributed by atoms with Gasteiger partial charge in [0.15, 0.2) is 0 Å². The van der Waals surface area contributed by atoms with Crippen LogP contribution in [-0.4, -0.2) is 42.2 Å². The molecule has 2 aliphatic rings. The zero-order valence-corrected chi connectivity index (χ0v) is 13.3. The second kappa shape index (κ2) is 7.51. The molecule has 4 nitrogen and oxygen atoms in total. The molecule has 114 valence electrons. The van der Waals surface area contributed by atoms with Crippen LogP contribution >= 0.6 is 0 Å². The summed E-state index contributed by atoms with van der Waals surface area (Å²) in [5.74, 6) is 0.647. The Kier molecular flexibility index (Phi) is 5.98. The van der Waals surface area contributed by atoms with Crippen LogP contribution in [0.25, 0.3) is 0 Å². The summed E-state index contributed by atoms with van der Waals surface area (Å²) >= 11 is 0. The average Bonchev–Trinajstić information content (AvgIpc) is 2.48. The molecular weight excluding hydrogens is 345 g/mol. The summed E-state index contributed by atoms with van der Waals surface area (Å²) in [6, 6.07) is 2.85. The molecule has 1 aromatic rings. The van der Waals surface area contributed by atoms with E-state index >= 15 is 0 Å². The maximum Gasteiger partial charge on any atom is 0.0594 e. The summed E-state index contributed by atoms with van der Waals surface area (Å²) in [4.78, 5) is 6.82. The zero-order valence-electron chi connectivity index (χ0n) is 11.7. The molecular formula is C15H23N3OPd. The molecule has 0 aromatic carbocycles. The van der Waals surface area contributed by atoms with E-state index < -0.39 is 0 Å². The van der Waals surface area contributed by atoms with Gasteiger partial charge >= 0.3 is 0 Å². The van der Waals surface area contributed by atoms with Crippen molar-refractivity contribution in [2.45, 2.75) is 37.6 Å². The molecule has 0 amide bonds. The smallest absolute Gasteiger partial charge is 0.0594 e. The standard InChI is InChI=1S/C15H23N3O.Pd/c16-14-9-13(10-17-11-14)12-1-3-15(4-2-12)18-5-7-19-8-6-18;/h9-12,15H,1-8,16H2;. The van der Waals surface area contributed by atoms with Crippen LogP contribution in [0.15, 0.2) is 18.5 Å². The van der Waals surface area contributed by atoms with Gasteiger partial charge in [0.2, 0.25) is 0 Å². The number of nitrogens with zero attached hydrogens (tertiary/aromatic N) is 2. The topological polar surface area (TPSA) is 51.4 Å². The zero-order chi connectivity index (χ0) is 13.1. The summed E-state index contributed by atoms with van der Waals surface area (Å²) in [5.41, 5.74) is 7.93. The third-order valence-electron chi connectivity index (χ3n) is 4.51. The molecule has 2 heterocycles. The van der Waals surface area contributed by atoms with Crippen LogP contribution in [-0.2, 0) is 25.2 Å². The summed E-state index contributed by atoms with van der Waals surface area (Å²) in [6.07, 6.45) is 8.80. The first-order chi connectivity index (χ1) is 9.33. The molecule has 0 unspecified atom stereocenters. The van der Waals surface area contributed by atoms with E-state index in [0.717, 1.165) is 38.0 Å². The Morgan fingerprint density at radius 3 is 2.45 bits per heavy atom. The van der Waals surface area contributed by atoms with Crippen molar-refractivity contribution in [3.05, 3.63) is 24.0 Å².